The van der Waals surface area contributed by atoms with Crippen LogP contribution in [0.2, 0.25) is 0 Å². The van der Waals surface area contributed by atoms with Crippen molar-refractivity contribution in [2.24, 2.45) is 0 Å². The van der Waals surface area contributed by atoms with Crippen molar-refractivity contribution in [1.82, 2.24) is 0 Å². The van der Waals surface area contributed by atoms with Crippen LogP contribution in [0.1, 0.15) is 155 Å². The van der Waals surface area contributed by atoms with Gasteiger partial charge in [0.25, 0.3) is 0 Å². The minimum absolute atomic E-state index is 0.407. The van der Waals surface area contributed by atoms with Crippen molar-refractivity contribution in [3.05, 3.63) is 0 Å². The van der Waals surface area contributed by atoms with E-state index < -0.39 is 5.44 Å². The van der Waals surface area contributed by atoms with E-state index in [2.05, 4.69) is 19.6 Å². The lowest BCUT2D eigenvalue weighted by atomic mass is 10.0. The van der Waals surface area contributed by atoms with Crippen molar-refractivity contribution in [3.63, 3.8) is 0 Å². The average molecular weight is 401 g/mol. The van der Waals surface area contributed by atoms with E-state index in [9.17, 15) is 0 Å². The first kappa shape index (κ1) is 27.3. The third-order valence-corrected chi connectivity index (χ3v) is 6.07. The molecule has 0 saturated heterocycles. The van der Waals surface area contributed by atoms with Crippen LogP contribution in [0.5, 0.6) is 0 Å². The first-order chi connectivity index (χ1) is 13.3. The van der Waals surface area contributed by atoms with Crippen LogP contribution in [-0.2, 0) is 0 Å². The van der Waals surface area contributed by atoms with Gasteiger partial charge in [-0.1, -0.05) is 148 Å². The molecule has 27 heavy (non-hydrogen) atoms. The van der Waals surface area contributed by atoms with E-state index in [1.54, 1.807) is 0 Å². The SMILES string of the molecule is CCCCCCCCCCCCCCCCCCCCCCCCC(O)S. The molecule has 1 atom stereocenters. The van der Waals surface area contributed by atoms with Crippen molar-refractivity contribution in [3.8, 4) is 0 Å². The first-order valence-electron chi connectivity index (χ1n) is 12.6. The summed E-state index contributed by atoms with van der Waals surface area (Å²) in [6.07, 6.45) is 32.1. The van der Waals surface area contributed by atoms with Gasteiger partial charge in [0.1, 0.15) is 0 Å². The Bertz CT molecular complexity index is 255. The molecule has 0 saturated carbocycles. The Morgan fingerprint density at radius 3 is 0.889 bits per heavy atom. The molecule has 0 fully saturated rings. The summed E-state index contributed by atoms with van der Waals surface area (Å²) in [6, 6.07) is 0. The molecule has 1 nitrogen and oxygen atoms in total. The summed E-state index contributed by atoms with van der Waals surface area (Å²) in [7, 11) is 0. The number of hydrogen-bond donors (Lipinski definition) is 2. The van der Waals surface area contributed by atoms with Crippen LogP contribution in [0, 0.1) is 0 Å². The van der Waals surface area contributed by atoms with E-state index in [0.717, 1.165) is 12.8 Å². The van der Waals surface area contributed by atoms with Gasteiger partial charge in [-0.05, 0) is 6.42 Å². The Balaban J connectivity index is 2.97. The van der Waals surface area contributed by atoms with Gasteiger partial charge in [0.2, 0.25) is 0 Å². The molecule has 0 spiro atoms. The predicted molar refractivity (Wildman–Crippen MR) is 127 cm³/mol. The highest BCUT2D eigenvalue weighted by molar-refractivity contribution is 7.80. The second kappa shape index (κ2) is 24.3. The maximum atomic E-state index is 9.08. The molecule has 0 aliphatic heterocycles. The molecule has 0 aromatic carbocycles. The summed E-state index contributed by atoms with van der Waals surface area (Å²) < 4.78 is 0. The van der Waals surface area contributed by atoms with Crippen LogP contribution in [0.25, 0.3) is 0 Å². The molecule has 0 rings (SSSR count). The molecule has 0 amide bonds. The molecule has 0 aliphatic carbocycles. The summed E-state index contributed by atoms with van der Waals surface area (Å²) in [4.78, 5) is 0. The Kier molecular flexibility index (Phi) is 24.6. The zero-order chi connectivity index (χ0) is 19.8. The third-order valence-electron chi connectivity index (χ3n) is 5.82. The second-order valence-corrected chi connectivity index (χ2v) is 9.29. The fourth-order valence-electron chi connectivity index (χ4n) is 3.94. The Morgan fingerprint density at radius 1 is 0.444 bits per heavy atom. The standard InChI is InChI=1S/C25H52OS/c1-2-3-4-5-6-7-8-9-10-11-12-13-14-15-16-17-18-19-20-21-22-23-24-25(26)27/h25-27H,2-24H2,1H3. The van der Waals surface area contributed by atoms with Gasteiger partial charge in [-0.2, -0.15) is 0 Å². The van der Waals surface area contributed by atoms with Crippen molar-refractivity contribution in [2.75, 3.05) is 0 Å². The smallest absolute Gasteiger partial charge is 0.0964 e. The maximum absolute atomic E-state index is 9.08. The van der Waals surface area contributed by atoms with Crippen LogP contribution in [0.4, 0.5) is 0 Å². The van der Waals surface area contributed by atoms with Gasteiger partial charge in [-0.3, -0.25) is 0 Å². The zero-order valence-electron chi connectivity index (χ0n) is 18.7. The first-order valence-corrected chi connectivity index (χ1v) is 13.1. The topological polar surface area (TPSA) is 20.2 Å². The molecule has 0 aromatic rings. The van der Waals surface area contributed by atoms with E-state index in [1.165, 1.54) is 135 Å². The Labute approximate surface area is 177 Å². The number of unbranched alkanes of at least 4 members (excludes halogenated alkanes) is 21. The minimum atomic E-state index is -0.407. The molecule has 1 N–H and O–H groups in total. The van der Waals surface area contributed by atoms with Gasteiger partial charge in [0.15, 0.2) is 0 Å². The molecular formula is C25H52OS. The molecule has 164 valence electrons. The van der Waals surface area contributed by atoms with E-state index in [-0.39, 0.29) is 0 Å². The van der Waals surface area contributed by atoms with Crippen molar-refractivity contribution in [1.29, 1.82) is 0 Å². The zero-order valence-corrected chi connectivity index (χ0v) is 19.6. The number of aliphatic hydroxyl groups excluding tert-OH is 1. The van der Waals surface area contributed by atoms with Crippen LogP contribution < -0.4 is 0 Å². The average Bonchev–Trinajstić information content (AvgIpc) is 2.65. The van der Waals surface area contributed by atoms with Gasteiger partial charge in [0, 0.05) is 0 Å². The molecule has 0 heterocycles. The van der Waals surface area contributed by atoms with Crippen molar-refractivity contribution in [2.45, 2.75) is 160 Å². The van der Waals surface area contributed by atoms with Gasteiger partial charge in [-0.25, -0.2) is 0 Å². The molecule has 1 unspecified atom stereocenters. The molecule has 0 aromatic heterocycles. The van der Waals surface area contributed by atoms with Crippen molar-refractivity contribution < 1.29 is 5.11 Å². The molecule has 0 radical (unpaired) electrons. The summed E-state index contributed by atoms with van der Waals surface area (Å²) >= 11 is 4.00. The fourth-order valence-corrected chi connectivity index (χ4v) is 4.12. The third kappa shape index (κ3) is 26.3. The number of rotatable bonds is 23. The number of hydrogen-bond acceptors (Lipinski definition) is 2. The highest BCUT2D eigenvalue weighted by Gasteiger charge is 1.97. The van der Waals surface area contributed by atoms with E-state index in [0.29, 0.717) is 0 Å². The van der Waals surface area contributed by atoms with Gasteiger partial charge in [0.05, 0.1) is 5.44 Å². The van der Waals surface area contributed by atoms with Crippen LogP contribution in [-0.4, -0.2) is 10.5 Å². The predicted octanol–water partition coefficient (Wildman–Crippen LogP) is 9.23. The monoisotopic (exact) mass is 400 g/mol. The largest absolute Gasteiger partial charge is 0.383 e. The van der Waals surface area contributed by atoms with Gasteiger partial charge < -0.3 is 5.11 Å². The van der Waals surface area contributed by atoms with Crippen LogP contribution in [0.15, 0.2) is 0 Å². The lowest BCUT2D eigenvalue weighted by Crippen LogP contribution is -1.94. The molecule has 2 heteroatoms. The summed E-state index contributed by atoms with van der Waals surface area (Å²) in [5.74, 6) is 0. The quantitative estimate of drug-likeness (QED) is 0.0994. The van der Waals surface area contributed by atoms with Gasteiger partial charge in [-0.15, -0.1) is 12.6 Å². The van der Waals surface area contributed by atoms with E-state index in [4.69, 9.17) is 5.11 Å². The highest BCUT2D eigenvalue weighted by atomic mass is 32.1. The van der Waals surface area contributed by atoms with E-state index in [1.807, 2.05) is 0 Å². The van der Waals surface area contributed by atoms with Crippen LogP contribution in [0.3, 0.4) is 0 Å². The number of aliphatic hydroxyl groups is 1. The fraction of sp³-hybridized carbons (Fsp3) is 1.00. The highest BCUT2D eigenvalue weighted by Crippen LogP contribution is 2.15. The normalized spacial score (nSPS) is 12.6. The van der Waals surface area contributed by atoms with Crippen molar-refractivity contribution >= 4 is 12.6 Å². The molecule has 0 aliphatic rings. The maximum Gasteiger partial charge on any atom is 0.0964 e. The van der Waals surface area contributed by atoms with Crippen LogP contribution >= 0.6 is 12.6 Å². The summed E-state index contributed by atoms with van der Waals surface area (Å²) in [5.41, 5.74) is -0.407. The lowest BCUT2D eigenvalue weighted by Gasteiger charge is -2.04. The Morgan fingerprint density at radius 2 is 0.667 bits per heavy atom. The Hall–Kier alpha value is 0.310. The minimum Gasteiger partial charge on any atom is -0.383 e. The van der Waals surface area contributed by atoms with Gasteiger partial charge >= 0.3 is 0 Å². The molecule has 0 bridgehead atoms. The second-order valence-electron chi connectivity index (χ2n) is 8.69. The molecular weight excluding hydrogens is 348 g/mol. The summed E-state index contributed by atoms with van der Waals surface area (Å²) in [6.45, 7) is 2.30. The lowest BCUT2D eigenvalue weighted by molar-refractivity contribution is 0.249. The number of thiol groups is 1. The summed E-state index contributed by atoms with van der Waals surface area (Å²) in [5, 5.41) is 9.08. The van der Waals surface area contributed by atoms with E-state index >= 15 is 0 Å².